The lowest BCUT2D eigenvalue weighted by Crippen LogP contribution is -2.40. The van der Waals surface area contributed by atoms with Gasteiger partial charge in [0.2, 0.25) is 16.0 Å². The Morgan fingerprint density at radius 2 is 1.82 bits per heavy atom. The van der Waals surface area contributed by atoms with Crippen molar-refractivity contribution in [3.05, 3.63) is 72.3 Å². The molecule has 2 aromatic heterocycles. The van der Waals surface area contributed by atoms with Crippen LogP contribution in [-0.2, 0) is 16.6 Å². The Bertz CT molecular complexity index is 1610. The van der Waals surface area contributed by atoms with E-state index >= 15 is 0 Å². The quantitative estimate of drug-likeness (QED) is 0.275. The Balaban J connectivity index is 1.33. The van der Waals surface area contributed by atoms with Gasteiger partial charge in [-0.15, -0.1) is 0 Å². The van der Waals surface area contributed by atoms with Gasteiger partial charge in [0.05, 0.1) is 10.4 Å². The van der Waals surface area contributed by atoms with Gasteiger partial charge in [-0.05, 0) is 90.1 Å². The van der Waals surface area contributed by atoms with Crippen LogP contribution in [0.5, 0.6) is 0 Å². The molecule has 0 aliphatic carbocycles. The molecule has 0 spiro atoms. The monoisotopic (exact) mass is 565 g/mol. The number of likely N-dealkylation sites (tertiary alicyclic amines) is 1. The minimum absolute atomic E-state index is 0.264. The molecule has 212 valence electrons. The van der Waals surface area contributed by atoms with E-state index in [9.17, 15) is 12.8 Å². The lowest BCUT2D eigenvalue weighted by molar-refractivity contribution is 0.192. The number of benzene rings is 2. The SMILES string of the molecule is CNC1CCN(Cc2ccc(Nc3ncc4ccn(-c5cccc(NS(=O)(=O)C(C)(C)C)c5)c4n3)cc2F)CC1. The zero-order valence-electron chi connectivity index (χ0n) is 23.3. The van der Waals surface area contributed by atoms with Gasteiger partial charge < -0.3 is 15.2 Å². The second kappa shape index (κ2) is 11.1. The smallest absolute Gasteiger partial charge is 0.237 e. The molecule has 11 heteroatoms. The van der Waals surface area contributed by atoms with Gasteiger partial charge in [0, 0.05) is 47.3 Å². The summed E-state index contributed by atoms with van der Waals surface area (Å²) < 4.78 is 43.9. The summed E-state index contributed by atoms with van der Waals surface area (Å²) in [4.78, 5) is 11.4. The van der Waals surface area contributed by atoms with E-state index in [0.717, 1.165) is 37.0 Å². The first-order valence-corrected chi connectivity index (χ1v) is 14.9. The number of piperidine rings is 1. The number of aromatic nitrogens is 3. The van der Waals surface area contributed by atoms with E-state index in [4.69, 9.17) is 0 Å². The number of rotatable bonds is 8. The van der Waals surface area contributed by atoms with Gasteiger partial charge in [0.15, 0.2) is 0 Å². The second-order valence-electron chi connectivity index (χ2n) is 11.2. The third kappa shape index (κ3) is 6.11. The van der Waals surface area contributed by atoms with Gasteiger partial charge in [-0.1, -0.05) is 12.1 Å². The van der Waals surface area contributed by atoms with Gasteiger partial charge >= 0.3 is 0 Å². The summed E-state index contributed by atoms with van der Waals surface area (Å²) in [5, 5.41) is 7.25. The van der Waals surface area contributed by atoms with Crippen molar-refractivity contribution >= 4 is 38.4 Å². The van der Waals surface area contributed by atoms with E-state index in [1.807, 2.05) is 42.1 Å². The number of nitrogens with zero attached hydrogens (tertiary/aromatic N) is 4. The highest BCUT2D eigenvalue weighted by Gasteiger charge is 2.29. The normalized spacial score (nSPS) is 15.4. The predicted octanol–water partition coefficient (Wildman–Crippen LogP) is 5.03. The molecule has 40 heavy (non-hydrogen) atoms. The molecule has 3 heterocycles. The van der Waals surface area contributed by atoms with Crippen LogP contribution in [0.3, 0.4) is 0 Å². The lowest BCUT2D eigenvalue weighted by atomic mass is 10.0. The molecule has 0 unspecified atom stereocenters. The highest BCUT2D eigenvalue weighted by atomic mass is 32.2. The Labute approximate surface area is 234 Å². The first-order chi connectivity index (χ1) is 19.0. The molecule has 1 aliphatic rings. The summed E-state index contributed by atoms with van der Waals surface area (Å²) in [5.41, 5.74) is 3.06. The maximum absolute atomic E-state index is 15.0. The van der Waals surface area contributed by atoms with Crippen LogP contribution < -0.4 is 15.4 Å². The summed E-state index contributed by atoms with van der Waals surface area (Å²) in [6.45, 7) is 7.43. The molecule has 0 radical (unpaired) electrons. The Kier molecular flexibility index (Phi) is 7.80. The Morgan fingerprint density at radius 3 is 2.52 bits per heavy atom. The van der Waals surface area contributed by atoms with Crippen LogP contribution in [-0.4, -0.2) is 58.8 Å². The van der Waals surface area contributed by atoms with E-state index in [0.29, 0.717) is 41.1 Å². The molecule has 0 atom stereocenters. The van der Waals surface area contributed by atoms with Gasteiger partial charge in [-0.2, -0.15) is 4.98 Å². The molecular formula is C29H36FN7O2S. The topological polar surface area (TPSA) is 104 Å². The number of sulfonamides is 1. The van der Waals surface area contributed by atoms with Gasteiger partial charge in [0.25, 0.3) is 0 Å². The highest BCUT2D eigenvalue weighted by molar-refractivity contribution is 7.94. The largest absolute Gasteiger partial charge is 0.324 e. The van der Waals surface area contributed by atoms with Crippen LogP contribution >= 0.6 is 0 Å². The van der Waals surface area contributed by atoms with Crippen LogP contribution in [0.2, 0.25) is 0 Å². The average molecular weight is 566 g/mol. The highest BCUT2D eigenvalue weighted by Crippen LogP contribution is 2.26. The molecule has 9 nitrogen and oxygen atoms in total. The van der Waals surface area contributed by atoms with Crippen molar-refractivity contribution in [2.24, 2.45) is 0 Å². The molecule has 2 aromatic carbocycles. The number of halogens is 1. The van der Waals surface area contributed by atoms with Gasteiger partial charge in [0.1, 0.15) is 11.5 Å². The van der Waals surface area contributed by atoms with E-state index in [1.165, 1.54) is 6.07 Å². The molecule has 1 saturated heterocycles. The minimum atomic E-state index is -3.57. The van der Waals surface area contributed by atoms with E-state index < -0.39 is 14.8 Å². The second-order valence-corrected chi connectivity index (χ2v) is 13.6. The molecule has 4 aromatic rings. The standard InChI is InChI=1S/C29H36FN7O2S/c1-29(2,3)40(38,39)35-24-6-5-7-25(16-24)37-15-10-20-18-32-28(34-27(20)37)33-23-9-8-21(26(30)17-23)19-36-13-11-22(31-4)12-14-36/h5-10,15-18,22,31,35H,11-14,19H2,1-4H3,(H,32,33,34). The van der Waals surface area contributed by atoms with Crippen molar-refractivity contribution < 1.29 is 12.8 Å². The fourth-order valence-electron chi connectivity index (χ4n) is 4.72. The maximum Gasteiger partial charge on any atom is 0.237 e. The van der Waals surface area contributed by atoms with Crippen LogP contribution in [0.4, 0.5) is 21.7 Å². The van der Waals surface area contributed by atoms with Crippen LogP contribution in [0.15, 0.2) is 60.9 Å². The lowest BCUT2D eigenvalue weighted by Gasteiger charge is -2.31. The number of hydrogen-bond acceptors (Lipinski definition) is 7. The number of fused-ring (bicyclic) bond motifs is 1. The Hall–Kier alpha value is -3.54. The fraction of sp³-hybridized carbons (Fsp3) is 0.379. The van der Waals surface area contributed by atoms with Crippen molar-refractivity contribution in [1.29, 1.82) is 0 Å². The predicted molar refractivity (Wildman–Crippen MR) is 158 cm³/mol. The van der Waals surface area contributed by atoms with Crippen molar-refractivity contribution in [2.45, 2.75) is 50.9 Å². The summed E-state index contributed by atoms with van der Waals surface area (Å²) in [6.07, 6.45) is 5.69. The third-order valence-corrected chi connectivity index (χ3v) is 9.43. The molecule has 3 N–H and O–H groups in total. The molecule has 0 saturated carbocycles. The van der Waals surface area contributed by atoms with E-state index in [1.54, 1.807) is 45.2 Å². The minimum Gasteiger partial charge on any atom is -0.324 e. The van der Waals surface area contributed by atoms with Crippen LogP contribution in [0, 0.1) is 5.82 Å². The van der Waals surface area contributed by atoms with Crippen molar-refractivity contribution in [1.82, 2.24) is 24.8 Å². The van der Waals surface area contributed by atoms with Gasteiger partial charge in [-0.3, -0.25) is 9.62 Å². The molecule has 1 fully saturated rings. The molecular weight excluding hydrogens is 529 g/mol. The molecule has 1 aliphatic heterocycles. The van der Waals surface area contributed by atoms with E-state index in [2.05, 4.69) is 30.2 Å². The summed E-state index contributed by atoms with van der Waals surface area (Å²) in [6, 6.07) is 14.7. The van der Waals surface area contributed by atoms with Crippen molar-refractivity contribution in [3.63, 3.8) is 0 Å². The summed E-state index contributed by atoms with van der Waals surface area (Å²) in [7, 11) is -1.58. The molecule has 0 amide bonds. The first kappa shape index (κ1) is 28.0. The van der Waals surface area contributed by atoms with Gasteiger partial charge in [-0.25, -0.2) is 17.8 Å². The third-order valence-electron chi connectivity index (χ3n) is 7.31. The van der Waals surface area contributed by atoms with E-state index in [-0.39, 0.29) is 5.82 Å². The first-order valence-electron chi connectivity index (χ1n) is 13.4. The number of hydrogen-bond donors (Lipinski definition) is 3. The molecule has 5 rings (SSSR count). The molecule has 0 bridgehead atoms. The summed E-state index contributed by atoms with van der Waals surface area (Å²) >= 11 is 0. The Morgan fingerprint density at radius 1 is 1.05 bits per heavy atom. The summed E-state index contributed by atoms with van der Waals surface area (Å²) in [5.74, 6) is 0.0676. The maximum atomic E-state index is 15.0. The van der Waals surface area contributed by atoms with Crippen molar-refractivity contribution in [2.75, 3.05) is 30.2 Å². The van der Waals surface area contributed by atoms with Crippen molar-refractivity contribution in [3.8, 4) is 5.69 Å². The zero-order chi connectivity index (χ0) is 28.5. The number of anilines is 3. The fourth-order valence-corrected chi connectivity index (χ4v) is 5.46. The van der Waals surface area contributed by atoms with Crippen LogP contribution in [0.25, 0.3) is 16.7 Å². The van der Waals surface area contributed by atoms with Crippen LogP contribution in [0.1, 0.15) is 39.2 Å². The average Bonchev–Trinajstić information content (AvgIpc) is 3.33. The number of nitrogens with one attached hydrogen (secondary N) is 3. The zero-order valence-corrected chi connectivity index (χ0v) is 24.1.